The number of benzene rings is 1. The van der Waals surface area contributed by atoms with E-state index in [4.69, 9.17) is 43.9 Å². The maximum Gasteiger partial charge on any atom is 0.343 e. The number of halogens is 4. The molecule has 0 aliphatic carbocycles. The Morgan fingerprint density at radius 1 is 1.12 bits per heavy atom. The third-order valence-corrected chi connectivity index (χ3v) is 6.25. The van der Waals surface area contributed by atoms with Crippen LogP contribution in [-0.4, -0.2) is 14.4 Å². The van der Waals surface area contributed by atoms with E-state index in [1.54, 1.807) is 30.3 Å². The van der Waals surface area contributed by atoms with Crippen LogP contribution in [-0.2, 0) is 9.05 Å². The molecule has 0 aliphatic heterocycles. The fraction of sp³-hybridized carbons (Fsp3) is 0.250. The number of hydrogen-bond donors (Lipinski definition) is 0. The minimum absolute atomic E-state index is 0.0481. The molecule has 0 radical (unpaired) electrons. The van der Waals surface area contributed by atoms with Gasteiger partial charge < -0.3 is 0 Å². The molecule has 0 N–H and O–H groups in total. The van der Waals surface area contributed by atoms with E-state index in [2.05, 4.69) is 0 Å². The van der Waals surface area contributed by atoms with Gasteiger partial charge in [-0.25, -0.2) is 8.42 Å². The highest BCUT2D eigenvalue weighted by atomic mass is 35.8. The first kappa shape index (κ1) is 14.6. The van der Waals surface area contributed by atoms with Crippen molar-refractivity contribution in [2.45, 2.75) is 11.3 Å². The molecule has 1 aromatic rings. The molecule has 0 saturated carbocycles. The second-order valence-electron chi connectivity index (χ2n) is 3.19. The number of hydrogen-bond acceptors (Lipinski definition) is 2. The van der Waals surface area contributed by atoms with Crippen molar-refractivity contribution < 1.29 is 8.42 Å². The first-order valence-electron chi connectivity index (χ1n) is 4.25. The van der Waals surface area contributed by atoms with Crippen molar-refractivity contribution in [2.24, 2.45) is 0 Å². The standard InChI is InChI=1S/C8H8Cl4O2SSi/c9-15(13,14)8(6-16(10,11)12)7-4-2-1-3-5-7/h1-5,8H,6H2. The second kappa shape index (κ2) is 5.46. The van der Waals surface area contributed by atoms with Crippen LogP contribution in [0.4, 0.5) is 0 Å². The van der Waals surface area contributed by atoms with Crippen molar-refractivity contribution in [2.75, 3.05) is 0 Å². The molecule has 0 aromatic heterocycles. The van der Waals surface area contributed by atoms with Gasteiger partial charge in [-0.05, 0) is 5.56 Å². The van der Waals surface area contributed by atoms with E-state index in [0.29, 0.717) is 5.56 Å². The smallest absolute Gasteiger partial charge is 0.212 e. The summed E-state index contributed by atoms with van der Waals surface area (Å²) in [5.74, 6) is 0. The Kier molecular flexibility index (Phi) is 4.98. The minimum atomic E-state index is -3.80. The average Bonchev–Trinajstić information content (AvgIpc) is 2.13. The Morgan fingerprint density at radius 2 is 1.62 bits per heavy atom. The molecular weight excluding hydrogens is 330 g/mol. The van der Waals surface area contributed by atoms with Gasteiger partial charge in [0.25, 0.3) is 0 Å². The van der Waals surface area contributed by atoms with Gasteiger partial charge >= 0.3 is 6.00 Å². The summed E-state index contributed by atoms with van der Waals surface area (Å²) >= 11 is 17.2. The highest BCUT2D eigenvalue weighted by Gasteiger charge is 2.36. The van der Waals surface area contributed by atoms with Crippen molar-refractivity contribution in [3.05, 3.63) is 35.9 Å². The second-order valence-corrected chi connectivity index (χ2v) is 15.2. The summed E-state index contributed by atoms with van der Waals surface area (Å²) in [6.45, 7) is 0. The van der Waals surface area contributed by atoms with Gasteiger partial charge in [0.2, 0.25) is 9.05 Å². The average molecular weight is 338 g/mol. The van der Waals surface area contributed by atoms with Crippen molar-refractivity contribution in [3.63, 3.8) is 0 Å². The predicted molar refractivity (Wildman–Crippen MR) is 72.1 cm³/mol. The molecule has 0 spiro atoms. The lowest BCUT2D eigenvalue weighted by Crippen LogP contribution is -2.18. The van der Waals surface area contributed by atoms with Crippen LogP contribution >= 0.6 is 43.9 Å². The lowest BCUT2D eigenvalue weighted by atomic mass is 10.2. The molecule has 1 rings (SSSR count). The van der Waals surface area contributed by atoms with Crippen molar-refractivity contribution in [3.8, 4) is 0 Å². The zero-order valence-corrected chi connectivity index (χ0v) is 12.7. The molecule has 16 heavy (non-hydrogen) atoms. The highest BCUT2D eigenvalue weighted by Crippen LogP contribution is 2.38. The zero-order chi connectivity index (χ0) is 12.4. The van der Waals surface area contributed by atoms with Gasteiger partial charge in [-0.15, -0.1) is 33.2 Å². The Balaban J connectivity index is 3.09. The van der Waals surface area contributed by atoms with E-state index in [9.17, 15) is 8.42 Å². The quantitative estimate of drug-likeness (QED) is 0.473. The molecule has 90 valence electrons. The lowest BCUT2D eigenvalue weighted by Gasteiger charge is -2.17. The van der Waals surface area contributed by atoms with Crippen LogP contribution in [0.1, 0.15) is 10.8 Å². The van der Waals surface area contributed by atoms with Crippen LogP contribution in [0.2, 0.25) is 6.04 Å². The predicted octanol–water partition coefficient (Wildman–Crippen LogP) is 3.95. The molecule has 1 aromatic carbocycles. The number of rotatable bonds is 4. The van der Waals surface area contributed by atoms with Crippen LogP contribution in [0.3, 0.4) is 0 Å². The van der Waals surface area contributed by atoms with Crippen LogP contribution in [0, 0.1) is 0 Å². The molecule has 0 heterocycles. The van der Waals surface area contributed by atoms with Gasteiger partial charge in [0.15, 0.2) is 0 Å². The molecule has 0 fully saturated rings. The van der Waals surface area contributed by atoms with E-state index in [1.807, 2.05) is 0 Å². The SMILES string of the molecule is O=S(=O)(Cl)C(C[Si](Cl)(Cl)Cl)c1ccccc1. The molecule has 0 aliphatic rings. The Labute approximate surface area is 114 Å². The molecule has 1 unspecified atom stereocenters. The minimum Gasteiger partial charge on any atom is -0.212 e. The maximum absolute atomic E-state index is 11.4. The van der Waals surface area contributed by atoms with E-state index >= 15 is 0 Å². The van der Waals surface area contributed by atoms with Gasteiger partial charge in [-0.3, -0.25) is 0 Å². The third-order valence-electron chi connectivity index (χ3n) is 1.93. The lowest BCUT2D eigenvalue weighted by molar-refractivity contribution is 0.600. The van der Waals surface area contributed by atoms with Crippen molar-refractivity contribution >= 4 is 59.0 Å². The van der Waals surface area contributed by atoms with E-state index in [0.717, 1.165) is 0 Å². The summed E-state index contributed by atoms with van der Waals surface area (Å²) in [4.78, 5) is 0. The summed E-state index contributed by atoms with van der Waals surface area (Å²) in [7, 11) is 1.56. The fourth-order valence-corrected chi connectivity index (χ4v) is 7.03. The topological polar surface area (TPSA) is 34.1 Å². The largest absolute Gasteiger partial charge is 0.343 e. The Hall–Kier alpha value is 0.547. The van der Waals surface area contributed by atoms with Crippen LogP contribution in [0.5, 0.6) is 0 Å². The first-order chi connectivity index (χ1) is 7.20. The van der Waals surface area contributed by atoms with Crippen molar-refractivity contribution in [1.29, 1.82) is 0 Å². The molecule has 8 heteroatoms. The van der Waals surface area contributed by atoms with Crippen LogP contribution in [0.15, 0.2) is 30.3 Å². The highest BCUT2D eigenvalue weighted by molar-refractivity contribution is 8.14. The summed E-state index contributed by atoms with van der Waals surface area (Å²) in [6, 6.07) is 5.39. The van der Waals surface area contributed by atoms with Gasteiger partial charge in [-0.1, -0.05) is 30.3 Å². The maximum atomic E-state index is 11.4. The molecular formula is C8H8Cl4O2SSi. The van der Waals surface area contributed by atoms with E-state index in [1.165, 1.54) is 0 Å². The first-order valence-corrected chi connectivity index (χ1v) is 11.9. The monoisotopic (exact) mass is 336 g/mol. The van der Waals surface area contributed by atoms with Gasteiger partial charge in [0.1, 0.15) is 5.25 Å². The molecule has 1 atom stereocenters. The summed E-state index contributed by atoms with van der Waals surface area (Å²) in [5.41, 5.74) is 0.538. The zero-order valence-electron chi connectivity index (χ0n) is 7.91. The molecule has 0 saturated heterocycles. The Morgan fingerprint density at radius 3 is 2.00 bits per heavy atom. The van der Waals surface area contributed by atoms with E-state index < -0.39 is 20.3 Å². The molecule has 2 nitrogen and oxygen atoms in total. The van der Waals surface area contributed by atoms with Gasteiger partial charge in [-0.2, -0.15) is 0 Å². The summed E-state index contributed by atoms with van der Waals surface area (Å²) in [6.07, 6.45) is 0. The molecule has 0 bridgehead atoms. The van der Waals surface area contributed by atoms with E-state index in [-0.39, 0.29) is 6.04 Å². The summed E-state index contributed by atoms with van der Waals surface area (Å²) < 4.78 is 22.8. The fourth-order valence-electron chi connectivity index (χ4n) is 1.26. The van der Waals surface area contributed by atoms with Gasteiger partial charge in [0, 0.05) is 16.7 Å². The molecule has 0 amide bonds. The van der Waals surface area contributed by atoms with Crippen molar-refractivity contribution in [1.82, 2.24) is 0 Å². The Bertz CT molecular complexity index is 443. The van der Waals surface area contributed by atoms with Crippen LogP contribution in [0.25, 0.3) is 0 Å². The normalized spacial score (nSPS) is 14.8. The van der Waals surface area contributed by atoms with Crippen LogP contribution < -0.4 is 0 Å². The summed E-state index contributed by atoms with van der Waals surface area (Å²) in [5, 5.41) is -0.963. The van der Waals surface area contributed by atoms with Gasteiger partial charge in [0.05, 0.1) is 0 Å². The third kappa shape index (κ3) is 4.81.